The monoisotopic (exact) mass is 328 g/mol. The third kappa shape index (κ3) is 3.65. The summed E-state index contributed by atoms with van der Waals surface area (Å²) in [7, 11) is 1.51. The van der Waals surface area contributed by atoms with E-state index < -0.39 is 5.60 Å². The molecule has 0 aliphatic carbocycles. The number of hydrogen-bond donors (Lipinski definition) is 1. The fourth-order valence-electron chi connectivity index (χ4n) is 2.72. The fraction of sp³-hybridized carbons (Fsp3) is 0.333. The van der Waals surface area contributed by atoms with Crippen LogP contribution in [0.15, 0.2) is 48.7 Å². The van der Waals surface area contributed by atoms with Gasteiger partial charge in [0, 0.05) is 24.4 Å². The lowest BCUT2D eigenvalue weighted by Gasteiger charge is -2.23. The van der Waals surface area contributed by atoms with Gasteiger partial charge in [0.05, 0.1) is 13.7 Å². The summed E-state index contributed by atoms with van der Waals surface area (Å²) in [6.45, 7) is 0.877. The number of benzene rings is 1. The molecule has 3 rings (SSSR count). The minimum Gasteiger partial charge on any atom is -0.491 e. The molecule has 6 nitrogen and oxygen atoms in total. The third-order valence-electron chi connectivity index (χ3n) is 4.06. The van der Waals surface area contributed by atoms with Crippen LogP contribution in [0, 0.1) is 0 Å². The van der Waals surface area contributed by atoms with Crippen LogP contribution >= 0.6 is 0 Å². The minimum atomic E-state index is -1.04. The normalized spacial score (nSPS) is 20.0. The first-order valence-electron chi connectivity index (χ1n) is 7.79. The van der Waals surface area contributed by atoms with E-state index in [1.165, 1.54) is 13.3 Å². The van der Waals surface area contributed by atoms with Crippen molar-refractivity contribution < 1.29 is 19.4 Å². The number of para-hydroxylation sites is 1. The van der Waals surface area contributed by atoms with Crippen LogP contribution in [0.3, 0.4) is 0 Å². The summed E-state index contributed by atoms with van der Waals surface area (Å²) in [5.41, 5.74) is -0.544. The molecule has 1 fully saturated rings. The Morgan fingerprint density at radius 1 is 1.33 bits per heavy atom. The molecular formula is C18H20N2O4. The highest BCUT2D eigenvalue weighted by atomic mass is 16.5. The summed E-state index contributed by atoms with van der Waals surface area (Å²) in [5, 5.41) is 10.7. The Labute approximate surface area is 140 Å². The van der Waals surface area contributed by atoms with Crippen molar-refractivity contribution in [3.63, 3.8) is 0 Å². The standard InChI is InChI=1S/C18H20N2O4/c1-23-16-11-14(7-9-19-16)17(21)20-10-8-18(22,12-20)13-24-15-5-3-2-4-6-15/h2-7,9,11,22H,8,10,12-13H2,1H3. The predicted octanol–water partition coefficient (Wildman–Crippen LogP) is 1.75. The van der Waals surface area contributed by atoms with Crippen LogP contribution in [-0.4, -0.2) is 53.3 Å². The van der Waals surface area contributed by atoms with Crippen molar-refractivity contribution in [2.75, 3.05) is 26.8 Å². The zero-order valence-corrected chi connectivity index (χ0v) is 13.5. The zero-order chi connectivity index (χ0) is 17.0. The molecule has 1 aliphatic heterocycles. The first kappa shape index (κ1) is 16.3. The van der Waals surface area contributed by atoms with Crippen LogP contribution in [0.4, 0.5) is 0 Å². The van der Waals surface area contributed by atoms with Gasteiger partial charge in [0.15, 0.2) is 0 Å². The van der Waals surface area contributed by atoms with Gasteiger partial charge >= 0.3 is 0 Å². The van der Waals surface area contributed by atoms with Gasteiger partial charge in [-0.3, -0.25) is 4.79 Å². The molecule has 0 radical (unpaired) electrons. The average Bonchev–Trinajstić information content (AvgIpc) is 3.03. The Morgan fingerprint density at radius 2 is 2.12 bits per heavy atom. The number of amides is 1. The molecule has 2 aromatic rings. The van der Waals surface area contributed by atoms with E-state index in [-0.39, 0.29) is 19.1 Å². The third-order valence-corrected chi connectivity index (χ3v) is 4.06. The van der Waals surface area contributed by atoms with Crippen LogP contribution < -0.4 is 9.47 Å². The molecule has 1 aromatic heterocycles. The number of carbonyl (C=O) groups is 1. The molecule has 0 spiro atoms. The highest BCUT2D eigenvalue weighted by Gasteiger charge is 2.39. The van der Waals surface area contributed by atoms with Crippen molar-refractivity contribution in [3.05, 3.63) is 54.2 Å². The summed E-state index contributed by atoms with van der Waals surface area (Å²) < 4.78 is 10.7. The molecular weight excluding hydrogens is 308 g/mol. The molecule has 1 aromatic carbocycles. The Morgan fingerprint density at radius 3 is 2.88 bits per heavy atom. The molecule has 24 heavy (non-hydrogen) atoms. The number of carbonyl (C=O) groups excluding carboxylic acids is 1. The van der Waals surface area contributed by atoms with Gasteiger partial charge in [0.25, 0.3) is 5.91 Å². The van der Waals surface area contributed by atoms with Gasteiger partial charge < -0.3 is 19.5 Å². The highest BCUT2D eigenvalue weighted by Crippen LogP contribution is 2.25. The van der Waals surface area contributed by atoms with Gasteiger partial charge in [0.2, 0.25) is 5.88 Å². The molecule has 1 aliphatic rings. The second kappa shape index (κ2) is 6.88. The van der Waals surface area contributed by atoms with Crippen molar-refractivity contribution in [2.24, 2.45) is 0 Å². The van der Waals surface area contributed by atoms with Crippen LogP contribution in [-0.2, 0) is 0 Å². The van der Waals surface area contributed by atoms with E-state index in [2.05, 4.69) is 4.98 Å². The molecule has 0 bridgehead atoms. The fourth-order valence-corrected chi connectivity index (χ4v) is 2.72. The number of aromatic nitrogens is 1. The number of aliphatic hydroxyl groups is 1. The maximum absolute atomic E-state index is 12.6. The van der Waals surface area contributed by atoms with Gasteiger partial charge in [-0.05, 0) is 24.6 Å². The summed E-state index contributed by atoms with van der Waals surface area (Å²) >= 11 is 0. The molecule has 1 unspecified atom stereocenters. The molecule has 1 saturated heterocycles. The molecule has 1 atom stereocenters. The maximum atomic E-state index is 12.6. The lowest BCUT2D eigenvalue weighted by molar-refractivity contribution is 0.00430. The molecule has 1 N–H and O–H groups in total. The largest absolute Gasteiger partial charge is 0.491 e. The molecule has 6 heteroatoms. The topological polar surface area (TPSA) is 71.9 Å². The number of β-amino-alcohol motifs (C(OH)–C–C–N with tert-alkyl or cyclic N) is 1. The van der Waals surface area contributed by atoms with E-state index in [9.17, 15) is 9.90 Å². The van der Waals surface area contributed by atoms with Crippen LogP contribution in [0.5, 0.6) is 11.6 Å². The number of hydrogen-bond acceptors (Lipinski definition) is 5. The number of ether oxygens (including phenoxy) is 2. The zero-order valence-electron chi connectivity index (χ0n) is 13.5. The number of nitrogens with zero attached hydrogens (tertiary/aromatic N) is 2. The van der Waals surface area contributed by atoms with E-state index in [1.807, 2.05) is 30.3 Å². The van der Waals surface area contributed by atoms with Gasteiger partial charge in [-0.2, -0.15) is 0 Å². The molecule has 1 amide bonds. The number of methoxy groups -OCH3 is 1. The Hall–Kier alpha value is -2.60. The number of rotatable bonds is 5. The highest BCUT2D eigenvalue weighted by molar-refractivity contribution is 5.94. The van der Waals surface area contributed by atoms with Gasteiger partial charge in [-0.25, -0.2) is 4.98 Å². The SMILES string of the molecule is COc1cc(C(=O)N2CCC(O)(COc3ccccc3)C2)ccn1. The van der Waals surface area contributed by atoms with Crippen molar-refractivity contribution in [1.82, 2.24) is 9.88 Å². The average molecular weight is 328 g/mol. The lowest BCUT2D eigenvalue weighted by atomic mass is 10.1. The van der Waals surface area contributed by atoms with Gasteiger partial charge in [-0.1, -0.05) is 18.2 Å². The Kier molecular flexibility index (Phi) is 4.66. The maximum Gasteiger partial charge on any atom is 0.254 e. The summed E-state index contributed by atoms with van der Waals surface area (Å²) in [6, 6.07) is 12.6. The van der Waals surface area contributed by atoms with Gasteiger partial charge in [0.1, 0.15) is 18.0 Å². The first-order chi connectivity index (χ1) is 11.6. The summed E-state index contributed by atoms with van der Waals surface area (Å²) in [6.07, 6.45) is 2.01. The smallest absolute Gasteiger partial charge is 0.254 e. The van der Waals surface area contributed by atoms with Crippen molar-refractivity contribution in [1.29, 1.82) is 0 Å². The summed E-state index contributed by atoms with van der Waals surface area (Å²) in [4.78, 5) is 18.2. The second-order valence-electron chi connectivity index (χ2n) is 5.89. The molecule has 2 heterocycles. The quantitative estimate of drug-likeness (QED) is 0.905. The first-order valence-corrected chi connectivity index (χ1v) is 7.79. The van der Waals surface area contributed by atoms with Crippen LogP contribution in [0.2, 0.25) is 0 Å². The van der Waals surface area contributed by atoms with E-state index in [0.717, 1.165) is 0 Å². The van der Waals surface area contributed by atoms with Crippen LogP contribution in [0.1, 0.15) is 16.8 Å². The molecule has 126 valence electrons. The predicted molar refractivity (Wildman–Crippen MR) is 88.2 cm³/mol. The summed E-state index contributed by atoms with van der Waals surface area (Å²) in [5.74, 6) is 0.948. The minimum absolute atomic E-state index is 0.147. The number of pyridine rings is 1. The van der Waals surface area contributed by atoms with Crippen molar-refractivity contribution in [3.8, 4) is 11.6 Å². The van der Waals surface area contributed by atoms with E-state index in [1.54, 1.807) is 17.0 Å². The Bertz CT molecular complexity index is 707. The van der Waals surface area contributed by atoms with Crippen LogP contribution in [0.25, 0.3) is 0 Å². The number of likely N-dealkylation sites (tertiary alicyclic amines) is 1. The van der Waals surface area contributed by atoms with E-state index >= 15 is 0 Å². The van der Waals surface area contributed by atoms with Crippen molar-refractivity contribution in [2.45, 2.75) is 12.0 Å². The van der Waals surface area contributed by atoms with Crippen molar-refractivity contribution >= 4 is 5.91 Å². The van der Waals surface area contributed by atoms with Gasteiger partial charge in [-0.15, -0.1) is 0 Å². The van der Waals surface area contributed by atoms with E-state index in [0.29, 0.717) is 30.2 Å². The lowest BCUT2D eigenvalue weighted by Crippen LogP contribution is -2.40. The molecule has 0 saturated carbocycles. The Balaban J connectivity index is 1.62. The van der Waals surface area contributed by atoms with E-state index in [4.69, 9.17) is 9.47 Å². The second-order valence-corrected chi connectivity index (χ2v) is 5.89.